The number of aromatic nitrogens is 5. The first-order valence-electron chi connectivity index (χ1n) is 10.6. The minimum Gasteiger partial charge on any atom is -0.489 e. The largest absolute Gasteiger partial charge is 0.489 e. The maximum atomic E-state index is 6.18. The highest BCUT2D eigenvalue weighted by molar-refractivity contribution is 5.97. The van der Waals surface area contributed by atoms with E-state index in [4.69, 9.17) is 4.74 Å². The van der Waals surface area contributed by atoms with Crippen LogP contribution in [0.25, 0.3) is 44.5 Å². The number of fused-ring (bicyclic) bond motifs is 2. The van der Waals surface area contributed by atoms with Gasteiger partial charge in [-0.1, -0.05) is 6.07 Å². The Bertz CT molecular complexity index is 1330. The summed E-state index contributed by atoms with van der Waals surface area (Å²) in [5.41, 5.74) is 6.84. The van der Waals surface area contributed by atoms with E-state index < -0.39 is 0 Å². The second kappa shape index (κ2) is 7.52. The molecule has 5 heterocycles. The summed E-state index contributed by atoms with van der Waals surface area (Å²) in [6, 6.07) is 14.3. The molecule has 0 amide bonds. The van der Waals surface area contributed by atoms with Gasteiger partial charge in [-0.3, -0.25) is 15.1 Å². The third-order valence-corrected chi connectivity index (χ3v) is 5.84. The average Bonchev–Trinajstić information content (AvgIpc) is 3.43. The monoisotopic (exact) mass is 410 g/mol. The Hall–Kier alpha value is -3.71. The van der Waals surface area contributed by atoms with Gasteiger partial charge in [0, 0.05) is 23.3 Å². The molecule has 31 heavy (non-hydrogen) atoms. The fourth-order valence-corrected chi connectivity index (χ4v) is 4.23. The highest BCUT2D eigenvalue weighted by atomic mass is 16.5. The molecule has 154 valence electrons. The maximum absolute atomic E-state index is 6.18. The number of hydrogen-bond donors (Lipinski definition) is 3. The van der Waals surface area contributed by atoms with Crippen LogP contribution in [-0.4, -0.2) is 44.3 Å². The van der Waals surface area contributed by atoms with Crippen LogP contribution in [0.5, 0.6) is 5.75 Å². The molecular formula is C24H22N6O. The van der Waals surface area contributed by atoms with E-state index in [0.717, 1.165) is 76.1 Å². The van der Waals surface area contributed by atoms with E-state index >= 15 is 0 Å². The maximum Gasteiger partial charge on any atom is 0.138 e. The molecule has 0 saturated carbocycles. The van der Waals surface area contributed by atoms with Crippen LogP contribution in [0.3, 0.4) is 0 Å². The molecule has 7 heteroatoms. The molecule has 0 atom stereocenters. The van der Waals surface area contributed by atoms with Crippen molar-refractivity contribution in [3.8, 4) is 28.3 Å². The number of hydrogen-bond acceptors (Lipinski definition) is 5. The lowest BCUT2D eigenvalue weighted by molar-refractivity contribution is 0.162. The summed E-state index contributed by atoms with van der Waals surface area (Å²) >= 11 is 0. The van der Waals surface area contributed by atoms with Crippen molar-refractivity contribution in [2.75, 3.05) is 13.1 Å². The van der Waals surface area contributed by atoms with Crippen LogP contribution in [0.2, 0.25) is 0 Å². The van der Waals surface area contributed by atoms with Gasteiger partial charge in [-0.25, -0.2) is 0 Å². The SMILES string of the molecule is c1cnc2cc(-c3n[nH]c4ccc(-c5cncc(OC6CCNCC6)c5)cc34)[nH]c2c1. The Morgan fingerprint density at radius 3 is 2.77 bits per heavy atom. The Balaban J connectivity index is 1.36. The van der Waals surface area contributed by atoms with Crippen LogP contribution in [0.1, 0.15) is 12.8 Å². The van der Waals surface area contributed by atoms with Crippen molar-refractivity contribution in [2.24, 2.45) is 0 Å². The Morgan fingerprint density at radius 2 is 1.87 bits per heavy atom. The lowest BCUT2D eigenvalue weighted by atomic mass is 10.0. The number of H-pyrrole nitrogens is 2. The summed E-state index contributed by atoms with van der Waals surface area (Å²) in [6.07, 6.45) is 7.76. The van der Waals surface area contributed by atoms with Gasteiger partial charge in [-0.15, -0.1) is 0 Å². The van der Waals surface area contributed by atoms with Gasteiger partial charge < -0.3 is 15.0 Å². The van der Waals surface area contributed by atoms with Gasteiger partial charge in [0.1, 0.15) is 17.5 Å². The molecule has 0 bridgehead atoms. The normalized spacial score (nSPS) is 15.0. The van der Waals surface area contributed by atoms with E-state index in [1.807, 2.05) is 24.4 Å². The minimum atomic E-state index is 0.247. The molecule has 1 aliphatic rings. The molecule has 1 fully saturated rings. The van der Waals surface area contributed by atoms with Gasteiger partial charge in [0.25, 0.3) is 0 Å². The molecule has 1 aromatic carbocycles. The van der Waals surface area contributed by atoms with Crippen LogP contribution in [0.4, 0.5) is 0 Å². The third kappa shape index (κ3) is 3.43. The highest BCUT2D eigenvalue weighted by Crippen LogP contribution is 2.32. The third-order valence-electron chi connectivity index (χ3n) is 5.84. The molecule has 0 radical (unpaired) electrons. The Labute approximate surface area is 178 Å². The summed E-state index contributed by atoms with van der Waals surface area (Å²) < 4.78 is 6.18. The van der Waals surface area contributed by atoms with Crippen LogP contribution in [0.15, 0.2) is 61.1 Å². The van der Waals surface area contributed by atoms with Crippen molar-refractivity contribution < 1.29 is 4.74 Å². The van der Waals surface area contributed by atoms with Gasteiger partial charge in [0.15, 0.2) is 0 Å². The van der Waals surface area contributed by atoms with Crippen molar-refractivity contribution in [2.45, 2.75) is 18.9 Å². The number of benzene rings is 1. The predicted octanol–water partition coefficient (Wildman–Crippen LogP) is 4.30. The van der Waals surface area contributed by atoms with E-state index in [-0.39, 0.29) is 6.10 Å². The van der Waals surface area contributed by atoms with E-state index in [0.29, 0.717) is 0 Å². The summed E-state index contributed by atoms with van der Waals surface area (Å²) in [5, 5.41) is 12.1. The number of rotatable bonds is 4. The van der Waals surface area contributed by atoms with Gasteiger partial charge >= 0.3 is 0 Å². The molecule has 4 aromatic heterocycles. The first-order chi connectivity index (χ1) is 15.3. The summed E-state index contributed by atoms with van der Waals surface area (Å²) in [6.45, 7) is 2.00. The topological polar surface area (TPSA) is 91.5 Å². The van der Waals surface area contributed by atoms with E-state index in [9.17, 15) is 0 Å². The van der Waals surface area contributed by atoms with Crippen LogP contribution in [-0.2, 0) is 0 Å². The molecule has 5 aromatic rings. The van der Waals surface area contributed by atoms with Crippen molar-refractivity contribution in [1.82, 2.24) is 30.5 Å². The average molecular weight is 410 g/mol. The van der Waals surface area contributed by atoms with Crippen LogP contribution in [0, 0.1) is 0 Å². The smallest absolute Gasteiger partial charge is 0.138 e. The highest BCUT2D eigenvalue weighted by Gasteiger charge is 2.16. The van der Waals surface area contributed by atoms with Crippen LogP contribution < -0.4 is 10.1 Å². The lowest BCUT2D eigenvalue weighted by Crippen LogP contribution is -2.34. The van der Waals surface area contributed by atoms with Crippen molar-refractivity contribution in [3.05, 3.63) is 61.1 Å². The van der Waals surface area contributed by atoms with Crippen molar-refractivity contribution >= 4 is 21.9 Å². The molecular weight excluding hydrogens is 388 g/mol. The Kier molecular flexibility index (Phi) is 4.39. The summed E-state index contributed by atoms with van der Waals surface area (Å²) in [7, 11) is 0. The number of aromatic amines is 2. The van der Waals surface area contributed by atoms with E-state index in [2.05, 4.69) is 54.7 Å². The van der Waals surface area contributed by atoms with E-state index in [1.165, 1.54) is 0 Å². The number of ether oxygens (including phenoxy) is 1. The molecule has 0 spiro atoms. The van der Waals surface area contributed by atoms with Crippen molar-refractivity contribution in [1.29, 1.82) is 0 Å². The number of piperidine rings is 1. The van der Waals surface area contributed by atoms with E-state index in [1.54, 1.807) is 12.4 Å². The number of nitrogens with one attached hydrogen (secondary N) is 3. The van der Waals surface area contributed by atoms with Gasteiger partial charge in [-0.2, -0.15) is 5.10 Å². The fourth-order valence-electron chi connectivity index (χ4n) is 4.23. The predicted molar refractivity (Wildman–Crippen MR) is 121 cm³/mol. The van der Waals surface area contributed by atoms with Gasteiger partial charge in [0.05, 0.1) is 28.4 Å². The number of pyridine rings is 2. The minimum absolute atomic E-state index is 0.247. The number of nitrogens with zero attached hydrogens (tertiary/aromatic N) is 3. The second-order valence-corrected chi connectivity index (χ2v) is 7.93. The molecule has 3 N–H and O–H groups in total. The molecule has 1 saturated heterocycles. The molecule has 6 rings (SSSR count). The quantitative estimate of drug-likeness (QED) is 0.411. The zero-order valence-electron chi connectivity index (χ0n) is 16.9. The van der Waals surface area contributed by atoms with Crippen LogP contribution >= 0.6 is 0 Å². The molecule has 0 aliphatic carbocycles. The standard InChI is InChI=1S/C24H22N6O/c1-2-21-22(27-7-1)12-23(28-21)24-19-11-15(3-4-20(19)29-30-24)16-10-18(14-26-13-16)31-17-5-8-25-9-6-17/h1-4,7,10-14,17,25,28H,5-6,8-9H2,(H,29,30). The summed E-state index contributed by atoms with van der Waals surface area (Å²) in [4.78, 5) is 12.3. The Morgan fingerprint density at radius 1 is 0.935 bits per heavy atom. The zero-order valence-corrected chi connectivity index (χ0v) is 16.9. The van der Waals surface area contributed by atoms with Crippen molar-refractivity contribution in [3.63, 3.8) is 0 Å². The first-order valence-corrected chi connectivity index (χ1v) is 10.6. The molecule has 0 unspecified atom stereocenters. The first kappa shape index (κ1) is 18.1. The second-order valence-electron chi connectivity index (χ2n) is 7.93. The lowest BCUT2D eigenvalue weighted by Gasteiger charge is -2.23. The summed E-state index contributed by atoms with van der Waals surface area (Å²) in [5.74, 6) is 0.818. The fraction of sp³-hybridized carbons (Fsp3) is 0.208. The molecule has 7 nitrogen and oxygen atoms in total. The molecule has 1 aliphatic heterocycles. The van der Waals surface area contributed by atoms with Gasteiger partial charge in [-0.05, 0) is 67.9 Å². The van der Waals surface area contributed by atoms with Gasteiger partial charge in [0.2, 0.25) is 0 Å². The zero-order chi connectivity index (χ0) is 20.6.